The van der Waals surface area contributed by atoms with E-state index in [4.69, 9.17) is 4.74 Å². The van der Waals surface area contributed by atoms with E-state index in [-0.39, 0.29) is 11.7 Å². The van der Waals surface area contributed by atoms with Gasteiger partial charge in [-0.1, -0.05) is 0 Å². The Balaban J connectivity index is 1.88. The van der Waals surface area contributed by atoms with Crippen molar-refractivity contribution in [2.75, 3.05) is 13.1 Å². The van der Waals surface area contributed by atoms with Gasteiger partial charge in [0.05, 0.1) is 6.04 Å². The summed E-state index contributed by atoms with van der Waals surface area (Å²) in [6.07, 6.45) is 0.895. The number of hydrogen-bond donors (Lipinski definition) is 1. The summed E-state index contributed by atoms with van der Waals surface area (Å²) in [5.74, 6) is 0. The topological polar surface area (TPSA) is 41.6 Å². The standard InChI is InChI=1S/C10H18N2O2/c1-10(2,3)14-9(13)12-6-7-8(12)4-5-11-7/h7-8,11H,4-6H2,1-3H3/t7-,8-/m0/s1. The Labute approximate surface area is 84.6 Å². The summed E-state index contributed by atoms with van der Waals surface area (Å²) in [6, 6.07) is 0.896. The molecule has 1 amide bonds. The van der Waals surface area contributed by atoms with Gasteiger partial charge in [-0.25, -0.2) is 4.79 Å². The number of ether oxygens (including phenoxy) is 1. The summed E-state index contributed by atoms with van der Waals surface area (Å²) in [4.78, 5) is 13.5. The van der Waals surface area contributed by atoms with E-state index in [0.29, 0.717) is 12.1 Å². The number of hydrogen-bond acceptors (Lipinski definition) is 3. The van der Waals surface area contributed by atoms with Gasteiger partial charge in [0.2, 0.25) is 0 Å². The van der Waals surface area contributed by atoms with Crippen LogP contribution in [0.25, 0.3) is 0 Å². The summed E-state index contributed by atoms with van der Waals surface area (Å²) in [5, 5.41) is 3.35. The van der Waals surface area contributed by atoms with Crippen LogP contribution >= 0.6 is 0 Å². The second-order valence-corrected chi connectivity index (χ2v) is 5.05. The summed E-state index contributed by atoms with van der Waals surface area (Å²) in [7, 11) is 0. The molecule has 2 rings (SSSR count). The lowest BCUT2D eigenvalue weighted by molar-refractivity contribution is -0.00933. The predicted molar refractivity (Wildman–Crippen MR) is 53.1 cm³/mol. The van der Waals surface area contributed by atoms with Crippen LogP contribution in [-0.4, -0.2) is 41.8 Å². The van der Waals surface area contributed by atoms with Crippen molar-refractivity contribution in [3.63, 3.8) is 0 Å². The average Bonchev–Trinajstić information content (AvgIpc) is 2.28. The van der Waals surface area contributed by atoms with E-state index in [1.54, 1.807) is 0 Å². The number of carbonyl (C=O) groups is 1. The summed E-state index contributed by atoms with van der Waals surface area (Å²) < 4.78 is 5.31. The molecule has 0 aromatic heterocycles. The van der Waals surface area contributed by atoms with E-state index in [1.807, 2.05) is 25.7 Å². The van der Waals surface area contributed by atoms with Crippen molar-refractivity contribution < 1.29 is 9.53 Å². The third kappa shape index (κ3) is 1.71. The lowest BCUT2D eigenvalue weighted by Gasteiger charge is -2.44. The Morgan fingerprint density at radius 2 is 2.21 bits per heavy atom. The van der Waals surface area contributed by atoms with Gasteiger partial charge in [0.25, 0.3) is 0 Å². The van der Waals surface area contributed by atoms with E-state index in [1.165, 1.54) is 0 Å². The normalized spacial score (nSPS) is 30.9. The zero-order valence-corrected chi connectivity index (χ0v) is 9.04. The van der Waals surface area contributed by atoms with Crippen molar-refractivity contribution in [3.05, 3.63) is 0 Å². The number of carbonyl (C=O) groups excluding carboxylic acids is 1. The Hall–Kier alpha value is -0.770. The molecule has 0 unspecified atom stereocenters. The lowest BCUT2D eigenvalue weighted by atomic mass is 9.99. The number of amides is 1. The van der Waals surface area contributed by atoms with Crippen molar-refractivity contribution in [2.24, 2.45) is 0 Å². The molecule has 0 radical (unpaired) electrons. The molecular weight excluding hydrogens is 180 g/mol. The first-order valence-corrected chi connectivity index (χ1v) is 5.20. The van der Waals surface area contributed by atoms with Crippen molar-refractivity contribution in [3.8, 4) is 0 Å². The first kappa shape index (κ1) is 9.77. The molecule has 0 saturated carbocycles. The highest BCUT2D eigenvalue weighted by molar-refractivity contribution is 5.70. The van der Waals surface area contributed by atoms with Crippen LogP contribution in [0.1, 0.15) is 27.2 Å². The molecule has 2 aliphatic rings. The number of rotatable bonds is 0. The summed E-state index contributed by atoms with van der Waals surface area (Å²) in [6.45, 7) is 7.52. The molecule has 4 heteroatoms. The van der Waals surface area contributed by atoms with Crippen LogP contribution in [0.4, 0.5) is 4.79 Å². The van der Waals surface area contributed by atoms with Gasteiger partial charge in [-0.15, -0.1) is 0 Å². The van der Waals surface area contributed by atoms with Crippen molar-refractivity contribution in [1.82, 2.24) is 10.2 Å². The maximum atomic E-state index is 11.7. The number of fused-ring (bicyclic) bond motifs is 1. The van der Waals surface area contributed by atoms with Crippen LogP contribution in [0.5, 0.6) is 0 Å². The van der Waals surface area contributed by atoms with Crippen LogP contribution in [-0.2, 0) is 4.74 Å². The minimum atomic E-state index is -0.381. The minimum absolute atomic E-state index is 0.164. The number of likely N-dealkylation sites (tertiary alicyclic amines) is 1. The van der Waals surface area contributed by atoms with Crippen LogP contribution < -0.4 is 5.32 Å². The number of nitrogens with one attached hydrogen (secondary N) is 1. The van der Waals surface area contributed by atoms with Gasteiger partial charge in [0, 0.05) is 12.6 Å². The fourth-order valence-corrected chi connectivity index (χ4v) is 2.05. The predicted octanol–water partition coefficient (Wildman–Crippen LogP) is 0.968. The maximum absolute atomic E-state index is 11.7. The fraction of sp³-hybridized carbons (Fsp3) is 0.900. The van der Waals surface area contributed by atoms with Gasteiger partial charge in [-0.2, -0.15) is 0 Å². The molecule has 2 aliphatic heterocycles. The largest absolute Gasteiger partial charge is 0.444 e. The molecule has 2 heterocycles. The lowest BCUT2D eigenvalue weighted by Crippen LogP contribution is -2.63. The molecule has 14 heavy (non-hydrogen) atoms. The van der Waals surface area contributed by atoms with E-state index < -0.39 is 0 Å². The van der Waals surface area contributed by atoms with Gasteiger partial charge < -0.3 is 15.0 Å². The molecule has 0 bridgehead atoms. The van der Waals surface area contributed by atoms with E-state index in [2.05, 4.69) is 5.32 Å². The Kier molecular flexibility index (Phi) is 2.18. The molecule has 0 spiro atoms. The molecule has 1 N–H and O–H groups in total. The molecule has 0 aromatic rings. The third-order valence-electron chi connectivity index (χ3n) is 2.73. The van der Waals surface area contributed by atoms with E-state index >= 15 is 0 Å². The monoisotopic (exact) mass is 198 g/mol. The highest BCUT2D eigenvalue weighted by Gasteiger charge is 2.45. The average molecular weight is 198 g/mol. The van der Waals surface area contributed by atoms with E-state index in [0.717, 1.165) is 19.5 Å². The third-order valence-corrected chi connectivity index (χ3v) is 2.73. The van der Waals surface area contributed by atoms with Crippen molar-refractivity contribution in [1.29, 1.82) is 0 Å². The van der Waals surface area contributed by atoms with Gasteiger partial charge in [0.1, 0.15) is 5.60 Å². The van der Waals surface area contributed by atoms with E-state index in [9.17, 15) is 4.79 Å². The smallest absolute Gasteiger partial charge is 0.410 e. The molecule has 2 saturated heterocycles. The second-order valence-electron chi connectivity index (χ2n) is 5.05. The van der Waals surface area contributed by atoms with Crippen LogP contribution in [0, 0.1) is 0 Å². The van der Waals surface area contributed by atoms with Crippen molar-refractivity contribution >= 4 is 6.09 Å². The second kappa shape index (κ2) is 3.12. The van der Waals surface area contributed by atoms with Crippen LogP contribution in [0.3, 0.4) is 0 Å². The first-order chi connectivity index (χ1) is 6.47. The zero-order chi connectivity index (χ0) is 10.3. The highest BCUT2D eigenvalue weighted by atomic mass is 16.6. The van der Waals surface area contributed by atoms with Gasteiger partial charge >= 0.3 is 6.09 Å². The van der Waals surface area contributed by atoms with Crippen LogP contribution in [0.15, 0.2) is 0 Å². The Morgan fingerprint density at radius 3 is 2.79 bits per heavy atom. The first-order valence-electron chi connectivity index (χ1n) is 5.20. The number of nitrogens with zero attached hydrogens (tertiary/aromatic N) is 1. The summed E-state index contributed by atoms with van der Waals surface area (Å²) >= 11 is 0. The molecular formula is C10H18N2O2. The zero-order valence-electron chi connectivity index (χ0n) is 9.04. The van der Waals surface area contributed by atoms with Gasteiger partial charge in [0.15, 0.2) is 0 Å². The molecule has 0 aliphatic carbocycles. The Morgan fingerprint density at radius 1 is 1.50 bits per heavy atom. The molecule has 2 atom stereocenters. The summed E-state index contributed by atoms with van der Waals surface area (Å²) in [5.41, 5.74) is -0.381. The molecule has 2 fully saturated rings. The van der Waals surface area contributed by atoms with Gasteiger partial charge in [-0.05, 0) is 33.7 Å². The van der Waals surface area contributed by atoms with Crippen LogP contribution in [0.2, 0.25) is 0 Å². The molecule has 4 nitrogen and oxygen atoms in total. The molecule has 0 aromatic carbocycles. The maximum Gasteiger partial charge on any atom is 0.410 e. The molecule has 80 valence electrons. The van der Waals surface area contributed by atoms with Gasteiger partial charge in [-0.3, -0.25) is 0 Å². The SMILES string of the molecule is CC(C)(C)OC(=O)N1C[C@@H]2NCC[C@@H]21. The fourth-order valence-electron chi connectivity index (χ4n) is 2.05. The van der Waals surface area contributed by atoms with Crippen molar-refractivity contribution in [2.45, 2.75) is 44.9 Å². The highest BCUT2D eigenvalue weighted by Crippen LogP contribution is 2.27. The Bertz CT molecular complexity index is 247. The minimum Gasteiger partial charge on any atom is -0.444 e. The quantitative estimate of drug-likeness (QED) is 0.630.